The molecule has 0 aliphatic carbocycles. The smallest absolute Gasteiger partial charge is 0.352 e. The normalized spacial score (nSPS) is 21.2. The Morgan fingerprint density at radius 2 is 2.17 bits per heavy atom. The summed E-state index contributed by atoms with van der Waals surface area (Å²) in [6, 6.07) is 0.913. The number of carboxylic acid groups (broad SMARTS) is 2. The molecule has 1 fully saturated rings. The summed E-state index contributed by atoms with van der Waals surface area (Å²) in [7, 11) is 0. The molecule has 2 aliphatic rings. The molecule has 2 aromatic heterocycles. The van der Waals surface area contributed by atoms with Crippen LogP contribution in [0.25, 0.3) is 0 Å². The first-order valence-corrected chi connectivity index (χ1v) is 13.1. The van der Waals surface area contributed by atoms with Gasteiger partial charge in [-0.2, -0.15) is 5.21 Å². The van der Waals surface area contributed by atoms with E-state index in [0.29, 0.717) is 6.54 Å². The van der Waals surface area contributed by atoms with E-state index in [1.807, 2.05) is 11.4 Å². The van der Waals surface area contributed by atoms with E-state index in [2.05, 4.69) is 25.9 Å². The van der Waals surface area contributed by atoms with Gasteiger partial charge in [0.25, 0.3) is 5.91 Å². The second-order valence-electron chi connectivity index (χ2n) is 7.62. The van der Waals surface area contributed by atoms with E-state index in [-0.39, 0.29) is 35.2 Å². The number of thiophene rings is 1. The van der Waals surface area contributed by atoms with Gasteiger partial charge in [-0.05, 0) is 34.2 Å². The molecule has 2 amide bonds. The van der Waals surface area contributed by atoms with Gasteiger partial charge in [0, 0.05) is 17.2 Å². The number of amides is 2. The lowest BCUT2D eigenvalue weighted by atomic mass is 9.91. The molecule has 0 bridgehead atoms. The third kappa shape index (κ3) is 4.41. The van der Waals surface area contributed by atoms with Crippen molar-refractivity contribution in [1.29, 1.82) is 0 Å². The first-order valence-electron chi connectivity index (χ1n) is 10.4. The third-order valence-electron chi connectivity index (χ3n) is 5.79. The molecular weight excluding hydrogens is 518 g/mol. The Balaban J connectivity index is 1.60. The average Bonchev–Trinajstić information content (AvgIpc) is 3.51. The summed E-state index contributed by atoms with van der Waals surface area (Å²) in [6.07, 6.45) is 0.0584. The molecule has 35 heavy (non-hydrogen) atoms. The molecule has 0 spiro atoms. The summed E-state index contributed by atoms with van der Waals surface area (Å²) >= 11 is 3.34. The topological polar surface area (TPSA) is 204 Å². The third-order valence-corrected chi connectivity index (χ3v) is 9.45. The Kier molecular flexibility index (Phi) is 7.16. The maximum atomic E-state index is 13.0. The number of nitrogens with one attached hydrogen (secondary N) is 2. The van der Waals surface area contributed by atoms with Gasteiger partial charge in [-0.15, -0.1) is 33.3 Å². The fourth-order valence-corrected chi connectivity index (χ4v) is 7.49. The highest BCUT2D eigenvalue weighted by molar-refractivity contribution is 8.02. The van der Waals surface area contributed by atoms with Gasteiger partial charge in [-0.1, -0.05) is 18.7 Å². The van der Waals surface area contributed by atoms with Crippen molar-refractivity contribution in [3.05, 3.63) is 33.2 Å². The number of tetrazole rings is 1. The van der Waals surface area contributed by atoms with Crippen molar-refractivity contribution in [1.82, 2.24) is 30.8 Å². The van der Waals surface area contributed by atoms with Crippen molar-refractivity contribution in [2.75, 3.05) is 5.75 Å². The molecule has 3 atom stereocenters. The van der Waals surface area contributed by atoms with Gasteiger partial charge in [-0.3, -0.25) is 19.3 Å². The number of H-pyrrole nitrogens is 1. The first kappa shape index (κ1) is 25.2. The van der Waals surface area contributed by atoms with Crippen molar-refractivity contribution >= 4 is 58.6 Å². The van der Waals surface area contributed by atoms with Crippen LogP contribution >= 0.6 is 34.9 Å². The fourth-order valence-electron chi connectivity index (χ4n) is 4.02. The minimum Gasteiger partial charge on any atom is -0.480 e. The Labute approximate surface area is 210 Å². The molecule has 13 nitrogen and oxygen atoms in total. The second-order valence-corrected chi connectivity index (χ2v) is 11.0. The molecular formula is C19H21N7O6S3. The van der Waals surface area contributed by atoms with Gasteiger partial charge < -0.3 is 21.3 Å². The molecule has 2 aliphatic heterocycles. The van der Waals surface area contributed by atoms with E-state index >= 15 is 0 Å². The van der Waals surface area contributed by atoms with Crippen LogP contribution in [0.15, 0.2) is 27.9 Å². The SMILES string of the molecule is CCC(Sc1nn[nH]n1)(C(=O)O)C1=C(C(=O)O)N2C(=O)C(NC(=O)Cc3sccc3CN)[C@@H]2SC1. The van der Waals surface area contributed by atoms with E-state index in [1.165, 1.54) is 23.1 Å². The van der Waals surface area contributed by atoms with E-state index in [4.69, 9.17) is 5.73 Å². The molecule has 0 aromatic carbocycles. The monoisotopic (exact) mass is 539 g/mol. The minimum absolute atomic E-state index is 0.00532. The Morgan fingerprint density at radius 3 is 2.77 bits per heavy atom. The molecule has 1 saturated heterocycles. The number of nitrogens with zero attached hydrogens (tertiary/aromatic N) is 4. The summed E-state index contributed by atoms with van der Waals surface area (Å²) in [5, 5.41) is 37.3. The lowest BCUT2D eigenvalue weighted by Gasteiger charge is -2.51. The number of fused-ring (bicyclic) bond motifs is 1. The number of rotatable bonds is 10. The zero-order valence-corrected chi connectivity index (χ0v) is 20.7. The van der Waals surface area contributed by atoms with Crippen molar-refractivity contribution in [3.63, 3.8) is 0 Å². The second kappa shape index (κ2) is 9.96. The zero-order chi connectivity index (χ0) is 25.3. The number of aromatic nitrogens is 4. The highest BCUT2D eigenvalue weighted by Gasteiger charge is 2.58. The van der Waals surface area contributed by atoms with E-state index in [9.17, 15) is 29.4 Å². The van der Waals surface area contributed by atoms with Crippen LogP contribution in [0, 0.1) is 0 Å². The molecule has 0 saturated carbocycles. The quantitative estimate of drug-likeness (QED) is 0.200. The van der Waals surface area contributed by atoms with Crippen molar-refractivity contribution < 1.29 is 29.4 Å². The van der Waals surface area contributed by atoms with Crippen LogP contribution in [0.3, 0.4) is 0 Å². The largest absolute Gasteiger partial charge is 0.480 e. The van der Waals surface area contributed by atoms with Gasteiger partial charge >= 0.3 is 11.9 Å². The summed E-state index contributed by atoms with van der Waals surface area (Å²) in [5.74, 6) is -3.69. The molecule has 186 valence electrons. The molecule has 4 heterocycles. The number of hydrogen-bond acceptors (Lipinski definition) is 11. The van der Waals surface area contributed by atoms with Crippen molar-refractivity contribution in [3.8, 4) is 0 Å². The average molecular weight is 540 g/mol. The maximum absolute atomic E-state index is 13.0. The molecule has 16 heteroatoms. The number of carbonyl (C=O) groups excluding carboxylic acids is 2. The summed E-state index contributed by atoms with van der Waals surface area (Å²) in [5.41, 5.74) is 6.19. The van der Waals surface area contributed by atoms with Crippen LogP contribution in [-0.2, 0) is 32.1 Å². The Morgan fingerprint density at radius 1 is 1.40 bits per heavy atom. The highest BCUT2D eigenvalue weighted by atomic mass is 32.2. The Hall–Kier alpha value is -2.95. The number of aliphatic carboxylic acids is 2. The predicted molar refractivity (Wildman–Crippen MR) is 126 cm³/mol. The number of carbonyl (C=O) groups is 4. The van der Waals surface area contributed by atoms with E-state index in [1.54, 1.807) is 6.92 Å². The van der Waals surface area contributed by atoms with Crippen LogP contribution in [-0.4, -0.2) is 81.4 Å². The van der Waals surface area contributed by atoms with Gasteiger partial charge in [0.15, 0.2) is 0 Å². The standard InChI is InChI=1S/C19H21N7O6S3/c1-2-19(17(31)32,35-18-22-24-25-23-18)9-7-34-15-12(14(28)26(15)13(9)16(29)30)21-11(27)5-10-8(6-20)3-4-33-10/h3-4,12,15H,2,5-7,20H2,1H3,(H,21,27)(H,29,30)(H,31,32)(H,22,23,24,25)/t12?,15-,19?/m0/s1. The van der Waals surface area contributed by atoms with Crippen LogP contribution in [0.1, 0.15) is 23.8 Å². The highest BCUT2D eigenvalue weighted by Crippen LogP contribution is 2.49. The molecule has 4 rings (SSSR count). The summed E-state index contributed by atoms with van der Waals surface area (Å²) in [6.45, 7) is 1.90. The number of β-lactam (4-membered cyclic amide) rings is 1. The lowest BCUT2D eigenvalue weighted by molar-refractivity contribution is -0.151. The number of carboxylic acids is 2. The van der Waals surface area contributed by atoms with Crippen LogP contribution in [0.4, 0.5) is 0 Å². The fraction of sp³-hybridized carbons (Fsp3) is 0.421. The van der Waals surface area contributed by atoms with Crippen LogP contribution < -0.4 is 11.1 Å². The van der Waals surface area contributed by atoms with Gasteiger partial charge in [0.1, 0.15) is 21.9 Å². The first-order chi connectivity index (χ1) is 16.7. The lowest BCUT2D eigenvalue weighted by Crippen LogP contribution is -2.71. The number of thioether (sulfide) groups is 2. The van der Waals surface area contributed by atoms with E-state index < -0.39 is 39.7 Å². The van der Waals surface area contributed by atoms with Crippen LogP contribution in [0.5, 0.6) is 0 Å². The summed E-state index contributed by atoms with van der Waals surface area (Å²) in [4.78, 5) is 52.2. The summed E-state index contributed by atoms with van der Waals surface area (Å²) < 4.78 is -1.73. The van der Waals surface area contributed by atoms with Crippen molar-refractivity contribution in [2.24, 2.45) is 5.73 Å². The molecule has 6 N–H and O–H groups in total. The number of nitrogens with two attached hydrogens (primary N) is 1. The molecule has 2 unspecified atom stereocenters. The number of aromatic amines is 1. The molecule has 0 radical (unpaired) electrons. The maximum Gasteiger partial charge on any atom is 0.352 e. The van der Waals surface area contributed by atoms with Gasteiger partial charge in [0.2, 0.25) is 11.1 Å². The van der Waals surface area contributed by atoms with Gasteiger partial charge in [-0.25, -0.2) is 4.79 Å². The predicted octanol–water partition coefficient (Wildman–Crippen LogP) is 0.0267. The zero-order valence-electron chi connectivity index (χ0n) is 18.3. The van der Waals surface area contributed by atoms with Crippen LogP contribution in [0.2, 0.25) is 0 Å². The Bertz CT molecular complexity index is 1200. The van der Waals surface area contributed by atoms with Crippen molar-refractivity contribution in [2.45, 2.75) is 47.6 Å². The molecule has 2 aromatic rings. The number of hydrogen-bond donors (Lipinski definition) is 5. The minimum atomic E-state index is -1.73. The van der Waals surface area contributed by atoms with E-state index in [0.717, 1.165) is 27.1 Å². The van der Waals surface area contributed by atoms with Gasteiger partial charge in [0.05, 0.1) is 6.42 Å².